The number of imidazole rings is 1. The van der Waals surface area contributed by atoms with E-state index in [9.17, 15) is 0 Å². The van der Waals surface area contributed by atoms with Crippen LogP contribution in [0.5, 0.6) is 0 Å². The molecule has 3 nitrogen and oxygen atoms in total. The first-order valence-corrected chi connectivity index (χ1v) is 5.52. The maximum atomic E-state index is 4.42. The van der Waals surface area contributed by atoms with Crippen LogP contribution in [0.4, 0.5) is 0 Å². The molecule has 1 saturated carbocycles. The van der Waals surface area contributed by atoms with E-state index < -0.39 is 0 Å². The summed E-state index contributed by atoms with van der Waals surface area (Å²) in [6.07, 6.45) is 7.97. The molecule has 2 rings (SSSR count). The van der Waals surface area contributed by atoms with Gasteiger partial charge in [-0.2, -0.15) is 0 Å². The molecule has 0 bridgehead atoms. The number of nitrogens with zero attached hydrogens (tertiary/aromatic N) is 2. The van der Waals surface area contributed by atoms with E-state index in [4.69, 9.17) is 0 Å². The zero-order valence-corrected chi connectivity index (χ0v) is 9.03. The first-order valence-electron chi connectivity index (χ1n) is 5.52. The average Bonchev–Trinajstić information content (AvgIpc) is 2.87. The van der Waals surface area contributed by atoms with Crippen molar-refractivity contribution >= 4 is 0 Å². The summed E-state index contributed by atoms with van der Waals surface area (Å²) in [7, 11) is 2.07. The molecule has 0 aliphatic heterocycles. The first-order chi connectivity index (χ1) is 6.81. The third-order valence-corrected chi connectivity index (χ3v) is 2.89. The molecule has 1 aromatic heterocycles. The Hall–Kier alpha value is -0.830. The van der Waals surface area contributed by atoms with E-state index >= 15 is 0 Å². The van der Waals surface area contributed by atoms with Crippen LogP contribution < -0.4 is 5.32 Å². The van der Waals surface area contributed by atoms with Crippen molar-refractivity contribution in [1.29, 1.82) is 0 Å². The van der Waals surface area contributed by atoms with Crippen LogP contribution in [0.25, 0.3) is 0 Å². The zero-order chi connectivity index (χ0) is 9.97. The Morgan fingerprint density at radius 2 is 2.43 bits per heavy atom. The van der Waals surface area contributed by atoms with Crippen molar-refractivity contribution in [2.75, 3.05) is 6.54 Å². The smallest absolute Gasteiger partial charge is 0.125 e. The molecule has 1 atom stereocenters. The highest BCUT2D eigenvalue weighted by Crippen LogP contribution is 2.37. The molecule has 14 heavy (non-hydrogen) atoms. The van der Waals surface area contributed by atoms with Gasteiger partial charge in [0.15, 0.2) is 0 Å². The van der Waals surface area contributed by atoms with Crippen molar-refractivity contribution in [3.63, 3.8) is 0 Å². The van der Waals surface area contributed by atoms with E-state index in [-0.39, 0.29) is 0 Å². The second-order valence-corrected chi connectivity index (χ2v) is 4.19. The van der Waals surface area contributed by atoms with E-state index in [1.165, 1.54) is 25.1 Å². The Morgan fingerprint density at radius 3 is 2.93 bits per heavy atom. The molecule has 0 aromatic carbocycles. The summed E-state index contributed by atoms with van der Waals surface area (Å²) < 4.78 is 2.12. The zero-order valence-electron chi connectivity index (χ0n) is 9.03. The van der Waals surface area contributed by atoms with E-state index in [1.54, 1.807) is 0 Å². The normalized spacial score (nSPS) is 18.4. The highest BCUT2D eigenvalue weighted by atomic mass is 15.1. The van der Waals surface area contributed by atoms with Crippen LogP contribution in [-0.2, 0) is 7.05 Å². The maximum absolute atomic E-state index is 4.42. The number of aromatic nitrogens is 2. The molecular weight excluding hydrogens is 174 g/mol. The van der Waals surface area contributed by atoms with Gasteiger partial charge in [-0.1, -0.05) is 19.8 Å². The Bertz CT molecular complexity index is 288. The van der Waals surface area contributed by atoms with Gasteiger partial charge >= 0.3 is 0 Å². The number of rotatable bonds is 5. The third kappa shape index (κ3) is 2.15. The van der Waals surface area contributed by atoms with E-state index in [1.807, 2.05) is 12.4 Å². The summed E-state index contributed by atoms with van der Waals surface area (Å²) in [5, 5.41) is 3.51. The van der Waals surface area contributed by atoms with Crippen molar-refractivity contribution in [2.45, 2.75) is 32.2 Å². The summed E-state index contributed by atoms with van der Waals surface area (Å²) in [5.41, 5.74) is 0. The summed E-state index contributed by atoms with van der Waals surface area (Å²) in [5.74, 6) is 2.12. The van der Waals surface area contributed by atoms with Crippen molar-refractivity contribution in [1.82, 2.24) is 14.9 Å². The van der Waals surface area contributed by atoms with Crippen molar-refractivity contribution in [3.05, 3.63) is 18.2 Å². The van der Waals surface area contributed by atoms with Gasteiger partial charge in [0.05, 0.1) is 6.04 Å². The highest BCUT2D eigenvalue weighted by Gasteiger charge is 2.27. The predicted octanol–water partition coefficient (Wildman–Crippen LogP) is 1.87. The molecule has 0 saturated heterocycles. The van der Waals surface area contributed by atoms with Crippen molar-refractivity contribution in [3.8, 4) is 0 Å². The molecule has 0 radical (unpaired) electrons. The molecule has 78 valence electrons. The minimum atomic E-state index is 0.451. The van der Waals surface area contributed by atoms with E-state index in [2.05, 4.69) is 28.8 Å². The molecule has 1 aliphatic carbocycles. The van der Waals surface area contributed by atoms with E-state index in [0.29, 0.717) is 6.04 Å². The number of nitrogens with one attached hydrogen (secondary N) is 1. The predicted molar refractivity (Wildman–Crippen MR) is 57.0 cm³/mol. The van der Waals surface area contributed by atoms with Gasteiger partial charge in [0.25, 0.3) is 0 Å². The van der Waals surface area contributed by atoms with Gasteiger partial charge in [0.1, 0.15) is 5.82 Å². The van der Waals surface area contributed by atoms with Gasteiger partial charge in [0.2, 0.25) is 0 Å². The molecule has 1 aliphatic rings. The monoisotopic (exact) mass is 193 g/mol. The average molecular weight is 193 g/mol. The summed E-state index contributed by atoms with van der Waals surface area (Å²) in [6.45, 7) is 3.17. The molecule has 0 spiro atoms. The molecule has 0 amide bonds. The van der Waals surface area contributed by atoms with Crippen molar-refractivity contribution in [2.24, 2.45) is 13.0 Å². The Balaban J connectivity index is 2.04. The van der Waals surface area contributed by atoms with Gasteiger partial charge in [-0.3, -0.25) is 0 Å². The van der Waals surface area contributed by atoms with Crippen LogP contribution >= 0.6 is 0 Å². The number of hydrogen-bond donors (Lipinski definition) is 1. The van der Waals surface area contributed by atoms with Gasteiger partial charge in [-0.15, -0.1) is 0 Å². The van der Waals surface area contributed by atoms with Crippen molar-refractivity contribution < 1.29 is 0 Å². The van der Waals surface area contributed by atoms with Crippen LogP contribution in [0.15, 0.2) is 12.4 Å². The van der Waals surface area contributed by atoms with Gasteiger partial charge < -0.3 is 9.88 Å². The SMILES string of the molecule is CCNC(CC1CC1)c1nccn1C. The Morgan fingerprint density at radius 1 is 1.64 bits per heavy atom. The van der Waals surface area contributed by atoms with Crippen LogP contribution in [0.3, 0.4) is 0 Å². The molecule has 1 fully saturated rings. The van der Waals surface area contributed by atoms with Gasteiger partial charge in [-0.25, -0.2) is 4.98 Å². The standard InChI is InChI=1S/C11H19N3/c1-3-12-10(8-9-4-5-9)11-13-6-7-14(11)2/h6-7,9-10,12H,3-5,8H2,1-2H3. The fraction of sp³-hybridized carbons (Fsp3) is 0.727. The van der Waals surface area contributed by atoms with Crippen LogP contribution in [0.1, 0.15) is 38.1 Å². The minimum Gasteiger partial charge on any atom is -0.337 e. The van der Waals surface area contributed by atoms with E-state index in [0.717, 1.165) is 12.5 Å². The Labute approximate surface area is 85.5 Å². The maximum Gasteiger partial charge on any atom is 0.125 e. The Kier molecular flexibility index (Phi) is 2.87. The lowest BCUT2D eigenvalue weighted by Crippen LogP contribution is -2.24. The molecular formula is C11H19N3. The summed E-state index contributed by atoms with van der Waals surface area (Å²) in [4.78, 5) is 4.42. The molecule has 1 heterocycles. The minimum absolute atomic E-state index is 0.451. The second kappa shape index (κ2) is 4.13. The first kappa shape index (κ1) is 9.71. The largest absolute Gasteiger partial charge is 0.337 e. The summed E-state index contributed by atoms with van der Waals surface area (Å²) >= 11 is 0. The lowest BCUT2D eigenvalue weighted by molar-refractivity contribution is 0.454. The number of hydrogen-bond acceptors (Lipinski definition) is 2. The fourth-order valence-electron chi connectivity index (χ4n) is 1.93. The molecule has 1 N–H and O–H groups in total. The molecule has 1 aromatic rings. The molecule has 3 heteroatoms. The van der Waals surface area contributed by atoms with Crippen LogP contribution in [0, 0.1) is 5.92 Å². The van der Waals surface area contributed by atoms with Crippen LogP contribution in [-0.4, -0.2) is 16.1 Å². The fourth-order valence-corrected chi connectivity index (χ4v) is 1.93. The lowest BCUT2D eigenvalue weighted by Gasteiger charge is -2.17. The quantitative estimate of drug-likeness (QED) is 0.773. The second-order valence-electron chi connectivity index (χ2n) is 4.19. The lowest BCUT2D eigenvalue weighted by atomic mass is 10.1. The van der Waals surface area contributed by atoms with Gasteiger partial charge in [-0.05, 0) is 18.9 Å². The molecule has 1 unspecified atom stereocenters. The van der Waals surface area contributed by atoms with Crippen LogP contribution in [0.2, 0.25) is 0 Å². The van der Waals surface area contributed by atoms with Gasteiger partial charge in [0, 0.05) is 19.4 Å². The topological polar surface area (TPSA) is 29.9 Å². The highest BCUT2D eigenvalue weighted by molar-refractivity contribution is 5.00. The summed E-state index contributed by atoms with van der Waals surface area (Å²) in [6, 6.07) is 0.451. The third-order valence-electron chi connectivity index (χ3n) is 2.89. The number of aryl methyl sites for hydroxylation is 1.